The highest BCUT2D eigenvalue weighted by atomic mass is 32.2. The predicted molar refractivity (Wildman–Crippen MR) is 45.9 cm³/mol. The smallest absolute Gasteiger partial charge is 0.247 e. The fourth-order valence-corrected chi connectivity index (χ4v) is 2.69. The second kappa shape index (κ2) is 2.65. The molecule has 2 N–H and O–H groups in total. The van der Waals surface area contributed by atoms with Gasteiger partial charge in [-0.15, -0.1) is 0 Å². The molecule has 1 saturated heterocycles. The number of piperidine rings is 1. The summed E-state index contributed by atoms with van der Waals surface area (Å²) < 4.78 is 35.9. The van der Waals surface area contributed by atoms with E-state index in [0.717, 1.165) is 0 Å². The van der Waals surface area contributed by atoms with Gasteiger partial charge < -0.3 is 0 Å². The molecule has 0 amide bonds. The van der Waals surface area contributed by atoms with Crippen molar-refractivity contribution >= 4 is 10.2 Å². The van der Waals surface area contributed by atoms with Gasteiger partial charge in [0.2, 0.25) is 0 Å². The topological polar surface area (TPSA) is 63.4 Å². The first-order chi connectivity index (χ1) is 5.94. The van der Waals surface area contributed by atoms with Crippen LogP contribution in [0.2, 0.25) is 0 Å². The van der Waals surface area contributed by atoms with Crippen LogP contribution in [0.5, 0.6) is 0 Å². The molecule has 2 fully saturated rings. The Kier molecular flexibility index (Phi) is 1.91. The Morgan fingerprint density at radius 1 is 1.38 bits per heavy atom. The van der Waals surface area contributed by atoms with E-state index in [-0.39, 0.29) is 5.41 Å². The summed E-state index contributed by atoms with van der Waals surface area (Å²) >= 11 is 0. The van der Waals surface area contributed by atoms with Gasteiger partial charge in [-0.3, -0.25) is 0 Å². The van der Waals surface area contributed by atoms with Gasteiger partial charge in [-0.25, -0.2) is 9.53 Å². The first-order valence-corrected chi connectivity index (χ1v) is 5.86. The summed E-state index contributed by atoms with van der Waals surface area (Å²) in [6.07, 6.45) is 1.12. The number of hydrogen-bond acceptors (Lipinski definition) is 2. The van der Waals surface area contributed by atoms with Gasteiger partial charge >= 0.3 is 0 Å². The average Bonchev–Trinajstić information content (AvgIpc) is 2.60. The Balaban J connectivity index is 1.98. The lowest BCUT2D eigenvalue weighted by Gasteiger charge is -2.29. The maximum Gasteiger partial charge on any atom is 0.276 e. The molecule has 13 heavy (non-hydrogen) atoms. The molecular weight excluding hydrogens is 195 g/mol. The summed E-state index contributed by atoms with van der Waals surface area (Å²) in [7, 11) is -3.55. The minimum absolute atomic E-state index is 0.193. The summed E-state index contributed by atoms with van der Waals surface area (Å²) in [5.41, 5.74) is -0.193. The van der Waals surface area contributed by atoms with Crippen molar-refractivity contribution in [1.29, 1.82) is 0 Å². The molecule has 2 aliphatic rings. The average molecular weight is 208 g/mol. The summed E-state index contributed by atoms with van der Waals surface area (Å²) in [4.78, 5) is 0. The van der Waals surface area contributed by atoms with E-state index in [1.165, 1.54) is 4.31 Å². The van der Waals surface area contributed by atoms with Crippen LogP contribution in [-0.4, -0.2) is 32.0 Å². The quantitative estimate of drug-likeness (QED) is 0.660. The van der Waals surface area contributed by atoms with Crippen LogP contribution in [0, 0.1) is 5.41 Å². The van der Waals surface area contributed by atoms with E-state index < -0.39 is 16.4 Å². The number of nitrogens with zero attached hydrogens (tertiary/aromatic N) is 1. The summed E-state index contributed by atoms with van der Waals surface area (Å²) in [5, 5.41) is 4.96. The van der Waals surface area contributed by atoms with Gasteiger partial charge in [0.15, 0.2) is 0 Å². The number of nitrogens with two attached hydrogens (primary N) is 1. The molecule has 0 aromatic carbocycles. The third kappa shape index (κ3) is 1.58. The maximum atomic E-state index is 12.9. The van der Waals surface area contributed by atoms with Crippen LogP contribution in [0.15, 0.2) is 0 Å². The molecular formula is C7H13FN2O2S. The summed E-state index contributed by atoms with van der Waals surface area (Å²) in [6.45, 7) is 0.749. The zero-order chi connectivity index (χ0) is 9.69. The Labute approximate surface area is 77.1 Å². The molecule has 1 aliphatic heterocycles. The molecule has 4 nitrogen and oxygen atoms in total. The van der Waals surface area contributed by atoms with Gasteiger partial charge in [0, 0.05) is 18.5 Å². The van der Waals surface area contributed by atoms with Crippen LogP contribution in [0.3, 0.4) is 0 Å². The number of rotatable bonds is 1. The van der Waals surface area contributed by atoms with Crippen LogP contribution < -0.4 is 5.14 Å². The second-order valence-corrected chi connectivity index (χ2v) is 5.52. The lowest BCUT2D eigenvalue weighted by molar-refractivity contribution is 0.221. The normalized spacial score (nSPS) is 33.5. The molecule has 76 valence electrons. The van der Waals surface area contributed by atoms with E-state index >= 15 is 0 Å². The minimum Gasteiger partial charge on any atom is -0.247 e. The molecule has 1 heterocycles. The van der Waals surface area contributed by atoms with Crippen LogP contribution in [-0.2, 0) is 10.2 Å². The van der Waals surface area contributed by atoms with E-state index in [1.54, 1.807) is 0 Å². The molecule has 1 spiro atoms. The minimum atomic E-state index is -3.55. The lowest BCUT2D eigenvalue weighted by Crippen LogP contribution is -2.43. The standard InChI is InChI=1S/C7H13FN2O2S/c8-6-5-7(6)1-3-10(4-2-7)13(9,11)12/h6H,1-5H2,(H2,9,11,12). The van der Waals surface area contributed by atoms with Crippen LogP contribution in [0.25, 0.3) is 0 Å². The molecule has 1 aliphatic carbocycles. The predicted octanol–water partition coefficient (Wildman–Crippen LogP) is 0.0139. The lowest BCUT2D eigenvalue weighted by atomic mass is 9.95. The van der Waals surface area contributed by atoms with Gasteiger partial charge in [0.25, 0.3) is 10.2 Å². The highest BCUT2D eigenvalue weighted by Gasteiger charge is 2.56. The number of hydrogen-bond donors (Lipinski definition) is 1. The maximum absolute atomic E-state index is 12.9. The molecule has 6 heteroatoms. The van der Waals surface area contributed by atoms with E-state index in [4.69, 9.17) is 5.14 Å². The molecule has 0 radical (unpaired) electrons. The zero-order valence-corrected chi connectivity index (χ0v) is 8.06. The molecule has 1 unspecified atom stereocenters. The SMILES string of the molecule is NS(=O)(=O)N1CCC2(CC1)CC2F. The third-order valence-electron chi connectivity index (χ3n) is 3.17. The second-order valence-electron chi connectivity index (χ2n) is 3.98. The van der Waals surface area contributed by atoms with Crippen LogP contribution >= 0.6 is 0 Å². The van der Waals surface area contributed by atoms with E-state index in [0.29, 0.717) is 32.4 Å². The Morgan fingerprint density at radius 2 is 1.85 bits per heavy atom. The number of halogens is 1. The highest BCUT2D eigenvalue weighted by molar-refractivity contribution is 7.86. The molecule has 1 atom stereocenters. The molecule has 1 saturated carbocycles. The Morgan fingerprint density at radius 3 is 2.15 bits per heavy atom. The van der Waals surface area contributed by atoms with Crippen molar-refractivity contribution in [3.63, 3.8) is 0 Å². The molecule has 0 bridgehead atoms. The zero-order valence-electron chi connectivity index (χ0n) is 7.24. The van der Waals surface area contributed by atoms with Crippen molar-refractivity contribution in [2.75, 3.05) is 13.1 Å². The van der Waals surface area contributed by atoms with Crippen LogP contribution in [0.4, 0.5) is 4.39 Å². The van der Waals surface area contributed by atoms with E-state index in [9.17, 15) is 12.8 Å². The van der Waals surface area contributed by atoms with Crippen LogP contribution in [0.1, 0.15) is 19.3 Å². The van der Waals surface area contributed by atoms with Crippen molar-refractivity contribution in [2.24, 2.45) is 10.6 Å². The highest BCUT2D eigenvalue weighted by Crippen LogP contribution is 2.55. The molecule has 0 aromatic heterocycles. The molecule has 0 aromatic rings. The third-order valence-corrected chi connectivity index (χ3v) is 4.25. The van der Waals surface area contributed by atoms with Crippen molar-refractivity contribution < 1.29 is 12.8 Å². The van der Waals surface area contributed by atoms with Gasteiger partial charge in [-0.2, -0.15) is 12.7 Å². The first kappa shape index (κ1) is 9.36. The fraction of sp³-hybridized carbons (Fsp3) is 1.00. The van der Waals surface area contributed by atoms with Crippen molar-refractivity contribution in [2.45, 2.75) is 25.4 Å². The van der Waals surface area contributed by atoms with Gasteiger partial charge in [0.05, 0.1) is 0 Å². The first-order valence-electron chi connectivity index (χ1n) is 4.36. The van der Waals surface area contributed by atoms with Gasteiger partial charge in [-0.1, -0.05) is 0 Å². The number of alkyl halides is 1. The van der Waals surface area contributed by atoms with Gasteiger partial charge in [0.1, 0.15) is 6.17 Å². The van der Waals surface area contributed by atoms with Crippen molar-refractivity contribution in [3.05, 3.63) is 0 Å². The molecule has 2 rings (SSSR count). The largest absolute Gasteiger partial charge is 0.276 e. The summed E-state index contributed by atoms with van der Waals surface area (Å²) in [6, 6.07) is 0. The van der Waals surface area contributed by atoms with E-state index in [1.807, 2.05) is 0 Å². The van der Waals surface area contributed by atoms with E-state index in [2.05, 4.69) is 0 Å². The monoisotopic (exact) mass is 208 g/mol. The van der Waals surface area contributed by atoms with Crippen molar-refractivity contribution in [1.82, 2.24) is 4.31 Å². The fourth-order valence-electron chi connectivity index (χ4n) is 2.00. The van der Waals surface area contributed by atoms with Gasteiger partial charge in [-0.05, 0) is 19.3 Å². The summed E-state index contributed by atoms with van der Waals surface area (Å²) in [5.74, 6) is 0. The van der Waals surface area contributed by atoms with Crippen molar-refractivity contribution in [3.8, 4) is 0 Å². The Bertz CT molecular complexity index is 308. The Hall–Kier alpha value is -0.200.